The summed E-state index contributed by atoms with van der Waals surface area (Å²) in [6.45, 7) is 6.12. The molecular weight excluding hydrogens is 587 g/mol. The highest BCUT2D eigenvalue weighted by Crippen LogP contribution is 2.51. The molecule has 4 aliphatic rings. The van der Waals surface area contributed by atoms with Crippen molar-refractivity contribution in [3.05, 3.63) is 65.0 Å². The molecule has 6 rings (SSSR count). The monoisotopic (exact) mass is 630 g/mol. The van der Waals surface area contributed by atoms with Gasteiger partial charge >= 0.3 is 6.03 Å². The van der Waals surface area contributed by atoms with Crippen LogP contribution < -0.4 is 16.0 Å². The van der Waals surface area contributed by atoms with Gasteiger partial charge in [-0.1, -0.05) is 37.2 Å². The molecule has 3 atom stereocenters. The molecule has 1 heterocycles. The van der Waals surface area contributed by atoms with E-state index in [9.17, 15) is 24.0 Å². The highest BCUT2D eigenvalue weighted by molar-refractivity contribution is 6.65. The Morgan fingerprint density at radius 2 is 1.74 bits per heavy atom. The number of urea groups is 1. The number of rotatable bonds is 12. The number of hydrogen-bond acceptors (Lipinski definition) is 6. The van der Waals surface area contributed by atoms with Gasteiger partial charge in [-0.25, -0.2) is 9.18 Å². The van der Waals surface area contributed by atoms with Crippen LogP contribution in [0.1, 0.15) is 63.1 Å². The Labute approximate surface area is 268 Å². The molecule has 5 N–H and O–H groups in total. The third-order valence-electron chi connectivity index (χ3n) is 10.2. The van der Waals surface area contributed by atoms with Crippen molar-refractivity contribution in [3.63, 3.8) is 0 Å². The number of nitrogens with zero attached hydrogens (tertiary/aromatic N) is 2. The van der Waals surface area contributed by atoms with Gasteiger partial charge in [-0.15, -0.1) is 0 Å². The number of halogens is 1. The maximum absolute atomic E-state index is 13.9. The van der Waals surface area contributed by atoms with E-state index in [4.69, 9.17) is 5.41 Å². The molecule has 1 aliphatic heterocycles. The van der Waals surface area contributed by atoms with Crippen molar-refractivity contribution >= 4 is 35.0 Å². The Hall–Kier alpha value is -4.28. The predicted molar refractivity (Wildman–Crippen MR) is 173 cm³/mol. The van der Waals surface area contributed by atoms with Crippen molar-refractivity contribution in [1.82, 2.24) is 15.5 Å². The Morgan fingerprint density at radius 1 is 1.09 bits per heavy atom. The second-order valence-electron chi connectivity index (χ2n) is 14.0. The normalized spacial score (nSPS) is 23.3. The number of carbonyl (C=O) groups excluding carboxylic acids is 3. The fourth-order valence-electron chi connectivity index (χ4n) is 7.50. The quantitative estimate of drug-likeness (QED) is 0.132. The number of carbonyl (C=O) groups is 3. The van der Waals surface area contributed by atoms with E-state index < -0.39 is 23.2 Å². The largest absolute Gasteiger partial charge is 0.410 e. The van der Waals surface area contributed by atoms with E-state index in [1.165, 1.54) is 19.1 Å². The van der Waals surface area contributed by atoms with Crippen LogP contribution in [0.4, 0.5) is 14.9 Å². The maximum Gasteiger partial charge on any atom is 0.318 e. The molecule has 3 aliphatic carbocycles. The molecule has 4 amide bonds. The van der Waals surface area contributed by atoms with Crippen molar-refractivity contribution in [2.24, 2.45) is 28.8 Å². The van der Waals surface area contributed by atoms with E-state index in [0.29, 0.717) is 43.3 Å². The van der Waals surface area contributed by atoms with Crippen molar-refractivity contribution < 1.29 is 24.0 Å². The Balaban J connectivity index is 1.25. The summed E-state index contributed by atoms with van der Waals surface area (Å²) >= 11 is 0. The van der Waals surface area contributed by atoms with Crippen LogP contribution in [0, 0.1) is 34.9 Å². The average molecular weight is 631 g/mol. The minimum atomic E-state index is -0.837. The van der Waals surface area contributed by atoms with Crippen LogP contribution in [0.25, 0.3) is 0 Å². The lowest BCUT2D eigenvalue weighted by atomic mass is 9.85. The molecule has 3 fully saturated rings. The first-order chi connectivity index (χ1) is 22.0. The summed E-state index contributed by atoms with van der Waals surface area (Å²) in [6.07, 6.45) is 5.77. The second-order valence-corrected chi connectivity index (χ2v) is 14.0. The Kier molecular flexibility index (Phi) is 8.60. The van der Waals surface area contributed by atoms with Gasteiger partial charge in [0.1, 0.15) is 11.9 Å². The summed E-state index contributed by atoms with van der Waals surface area (Å²) in [5.74, 6) is -0.473. The summed E-state index contributed by atoms with van der Waals surface area (Å²) in [6, 6.07) is 11.3. The maximum atomic E-state index is 13.9. The number of anilines is 1. The van der Waals surface area contributed by atoms with Crippen LogP contribution in [0.2, 0.25) is 0 Å². The minimum absolute atomic E-state index is 0.0296. The molecule has 46 heavy (non-hydrogen) atoms. The van der Waals surface area contributed by atoms with Gasteiger partial charge in [0, 0.05) is 12.2 Å². The zero-order valence-corrected chi connectivity index (χ0v) is 26.6. The van der Waals surface area contributed by atoms with Crippen LogP contribution in [0.3, 0.4) is 0 Å². The van der Waals surface area contributed by atoms with E-state index in [1.807, 2.05) is 23.1 Å². The molecule has 0 bridgehead atoms. The molecule has 1 unspecified atom stereocenters. The van der Waals surface area contributed by atoms with Gasteiger partial charge < -0.3 is 31.5 Å². The smallest absolute Gasteiger partial charge is 0.318 e. The third kappa shape index (κ3) is 6.50. The standard InChI is InChI=1S/C35H43FN6O4/c1-19(2)28-18-42(34(45)39-28)35(15-21-4-11-26(36)12-5-21)16-24-10-13-27(14-25(24)17-35)38-33(44)31(29(22-6-7-22)23-8-9-23)40-32(43)30(41-46)20(3)37/h4-5,10-14,19,22-23,28-29,31,37,46H,6-9,15-18H2,1-3H3,(H,38,44)(H,39,45)(H,40,43)/t28-,31-,35?/m0/s1. The van der Waals surface area contributed by atoms with Crippen molar-refractivity contribution in [2.75, 3.05) is 11.9 Å². The second kappa shape index (κ2) is 12.5. The van der Waals surface area contributed by atoms with E-state index in [0.717, 1.165) is 42.4 Å². The van der Waals surface area contributed by atoms with E-state index >= 15 is 0 Å². The summed E-state index contributed by atoms with van der Waals surface area (Å²) in [4.78, 5) is 42.2. The van der Waals surface area contributed by atoms with Crippen LogP contribution in [-0.4, -0.2) is 63.5 Å². The zero-order valence-electron chi connectivity index (χ0n) is 26.6. The van der Waals surface area contributed by atoms with Crippen molar-refractivity contribution in [1.29, 1.82) is 5.41 Å². The molecule has 0 spiro atoms. The Morgan fingerprint density at radius 3 is 2.30 bits per heavy atom. The fourth-order valence-corrected chi connectivity index (χ4v) is 7.50. The predicted octanol–water partition coefficient (Wildman–Crippen LogP) is 4.68. The molecule has 0 aromatic heterocycles. The van der Waals surface area contributed by atoms with Gasteiger partial charge in [-0.3, -0.25) is 9.59 Å². The van der Waals surface area contributed by atoms with E-state index in [1.54, 1.807) is 12.1 Å². The molecule has 2 aromatic carbocycles. The molecule has 244 valence electrons. The summed E-state index contributed by atoms with van der Waals surface area (Å²) in [5.41, 5.74) is 2.49. The SMILES string of the molecule is CC(=N)C(=NO)C(=O)N[C@H](C(=O)Nc1ccc2c(c1)CC(Cc1ccc(F)cc1)(N1C[C@@H](C(C)C)NC1=O)C2)C(C1CC1)C1CC1. The topological polar surface area (TPSA) is 147 Å². The van der Waals surface area contributed by atoms with E-state index in [-0.39, 0.29) is 41.3 Å². The molecule has 0 radical (unpaired) electrons. The first-order valence-corrected chi connectivity index (χ1v) is 16.3. The van der Waals surface area contributed by atoms with Crippen molar-refractivity contribution in [2.45, 2.75) is 83.3 Å². The first-order valence-electron chi connectivity index (χ1n) is 16.3. The molecule has 10 nitrogen and oxygen atoms in total. The summed E-state index contributed by atoms with van der Waals surface area (Å²) in [7, 11) is 0. The van der Waals surface area contributed by atoms with Gasteiger partial charge in [0.05, 0.1) is 17.3 Å². The molecular formula is C35H43FN6O4. The lowest BCUT2D eigenvalue weighted by Crippen LogP contribution is -2.53. The zero-order chi connectivity index (χ0) is 32.7. The first kappa shape index (κ1) is 31.7. The third-order valence-corrected chi connectivity index (χ3v) is 10.2. The van der Waals surface area contributed by atoms with Crippen LogP contribution >= 0.6 is 0 Å². The highest BCUT2D eigenvalue weighted by atomic mass is 19.1. The number of oxime groups is 1. The number of fused-ring (bicyclic) bond motifs is 1. The summed E-state index contributed by atoms with van der Waals surface area (Å²) < 4.78 is 13.8. The highest BCUT2D eigenvalue weighted by Gasteiger charge is 2.50. The van der Waals surface area contributed by atoms with Crippen molar-refractivity contribution in [3.8, 4) is 0 Å². The van der Waals surface area contributed by atoms with E-state index in [2.05, 4.69) is 35.0 Å². The number of nitrogens with one attached hydrogen (secondary N) is 4. The average Bonchev–Trinajstić information content (AvgIpc) is 3.94. The van der Waals surface area contributed by atoms with Crippen LogP contribution in [0.5, 0.6) is 0 Å². The Bertz CT molecular complexity index is 1560. The van der Waals surface area contributed by atoms with Gasteiger partial charge in [0.2, 0.25) is 5.91 Å². The number of benzene rings is 2. The van der Waals surface area contributed by atoms with Gasteiger partial charge in [-0.05, 0) is 116 Å². The number of hydrogen-bond donors (Lipinski definition) is 5. The lowest BCUT2D eigenvalue weighted by Gasteiger charge is -2.38. The fraction of sp³-hybridized carbons (Fsp3) is 0.514. The minimum Gasteiger partial charge on any atom is -0.410 e. The molecule has 11 heteroatoms. The van der Waals surface area contributed by atoms with Gasteiger partial charge in [0.15, 0.2) is 5.71 Å². The van der Waals surface area contributed by atoms with Gasteiger partial charge in [-0.2, -0.15) is 0 Å². The van der Waals surface area contributed by atoms with Gasteiger partial charge in [0.25, 0.3) is 5.91 Å². The summed E-state index contributed by atoms with van der Waals surface area (Å²) in [5, 5.41) is 29.2. The number of amides is 4. The van der Waals surface area contributed by atoms with Crippen LogP contribution in [-0.2, 0) is 28.9 Å². The molecule has 2 saturated carbocycles. The molecule has 1 saturated heterocycles. The van der Waals surface area contributed by atoms with Crippen LogP contribution in [0.15, 0.2) is 47.6 Å². The molecule has 2 aromatic rings. The lowest BCUT2D eigenvalue weighted by molar-refractivity contribution is -0.124.